The third kappa shape index (κ3) is 2.23. The van der Waals surface area contributed by atoms with Crippen LogP contribution in [0.5, 0.6) is 0 Å². The zero-order chi connectivity index (χ0) is 18.7. The smallest absolute Gasteiger partial charge is 0.147 e. The van der Waals surface area contributed by atoms with Gasteiger partial charge < -0.3 is 4.57 Å². The van der Waals surface area contributed by atoms with Crippen LogP contribution in [0.25, 0.3) is 27.5 Å². The highest BCUT2D eigenvalue weighted by molar-refractivity contribution is 6.10. The van der Waals surface area contributed by atoms with Crippen LogP contribution in [0.4, 0.5) is 17.6 Å². The van der Waals surface area contributed by atoms with Crippen LogP contribution in [0, 0.1) is 44.0 Å². The van der Waals surface area contributed by atoms with Crippen LogP contribution in [0.15, 0.2) is 36.4 Å². The van der Waals surface area contributed by atoms with Crippen molar-refractivity contribution in [3.63, 3.8) is 0 Å². The molecule has 1 aromatic heterocycles. The Bertz CT molecular complexity index is 1200. The third-order valence-corrected chi connectivity index (χ3v) is 4.80. The van der Waals surface area contributed by atoms with E-state index < -0.39 is 23.3 Å². The Kier molecular flexibility index (Phi) is 3.58. The lowest BCUT2D eigenvalue weighted by atomic mass is 10.1. The Morgan fingerprint density at radius 3 is 2.12 bits per heavy atom. The summed E-state index contributed by atoms with van der Waals surface area (Å²) < 4.78 is 59.3. The minimum atomic E-state index is -0.733. The Labute approximate surface area is 147 Å². The molecule has 0 radical (unpaired) electrons. The van der Waals surface area contributed by atoms with E-state index >= 15 is 0 Å². The summed E-state index contributed by atoms with van der Waals surface area (Å²) in [6, 6.07) is 8.46. The van der Waals surface area contributed by atoms with Gasteiger partial charge in [0.15, 0.2) is 0 Å². The molecule has 0 aliphatic heterocycles. The topological polar surface area (TPSA) is 4.93 Å². The monoisotopic (exact) mass is 357 g/mol. The minimum Gasteiger partial charge on any atom is -0.306 e. The fourth-order valence-electron chi connectivity index (χ4n) is 3.38. The fraction of sp³-hybridized carbons (Fsp3) is 0.143. The molecule has 0 unspecified atom stereocenters. The number of benzene rings is 3. The van der Waals surface area contributed by atoms with E-state index in [2.05, 4.69) is 0 Å². The van der Waals surface area contributed by atoms with Crippen molar-refractivity contribution in [2.75, 3.05) is 0 Å². The van der Waals surface area contributed by atoms with E-state index in [0.717, 1.165) is 0 Å². The van der Waals surface area contributed by atoms with Gasteiger partial charge in [-0.1, -0.05) is 6.07 Å². The van der Waals surface area contributed by atoms with Crippen molar-refractivity contribution in [3.8, 4) is 5.69 Å². The van der Waals surface area contributed by atoms with E-state index in [1.807, 2.05) is 0 Å². The third-order valence-electron chi connectivity index (χ3n) is 4.80. The van der Waals surface area contributed by atoms with E-state index in [9.17, 15) is 17.6 Å². The second kappa shape index (κ2) is 5.59. The van der Waals surface area contributed by atoms with Gasteiger partial charge in [-0.2, -0.15) is 0 Å². The molecule has 4 rings (SSSR count). The van der Waals surface area contributed by atoms with Gasteiger partial charge >= 0.3 is 0 Å². The lowest BCUT2D eigenvalue weighted by molar-refractivity contribution is 0.576. The number of nitrogens with zero attached hydrogens (tertiary/aromatic N) is 1. The summed E-state index contributed by atoms with van der Waals surface area (Å²) in [5.41, 5.74) is 1.48. The molecule has 132 valence electrons. The molecule has 0 bridgehead atoms. The maximum atomic E-state index is 14.9. The molecule has 0 fully saturated rings. The molecule has 0 aliphatic carbocycles. The first-order valence-electron chi connectivity index (χ1n) is 8.15. The summed E-state index contributed by atoms with van der Waals surface area (Å²) in [5.74, 6) is -2.50. The largest absolute Gasteiger partial charge is 0.306 e. The van der Waals surface area contributed by atoms with Crippen molar-refractivity contribution >= 4 is 21.8 Å². The van der Waals surface area contributed by atoms with Crippen LogP contribution < -0.4 is 0 Å². The number of aromatic nitrogens is 1. The Balaban J connectivity index is 2.29. The standard InChI is InChI=1S/C21H15F4N/c1-10-4-5-17(16(24)6-10)26-18-8-14(22)11(2)7-13(18)20-19(26)9-15(23)12(3)21(20)25/h4-9H,1-3H3. The average molecular weight is 357 g/mol. The highest BCUT2D eigenvalue weighted by Crippen LogP contribution is 2.37. The van der Waals surface area contributed by atoms with Crippen LogP contribution in [-0.4, -0.2) is 4.57 Å². The first-order chi connectivity index (χ1) is 12.3. The summed E-state index contributed by atoms with van der Waals surface area (Å²) in [7, 11) is 0. The highest BCUT2D eigenvalue weighted by Gasteiger charge is 2.22. The summed E-state index contributed by atoms with van der Waals surface area (Å²) in [6.45, 7) is 4.65. The minimum absolute atomic E-state index is 0.113. The molecule has 0 amide bonds. The Morgan fingerprint density at radius 2 is 1.42 bits per heavy atom. The SMILES string of the molecule is Cc1ccc(-n2c3cc(F)c(C)cc3c3c(F)c(C)c(F)cc32)c(F)c1. The molecule has 0 N–H and O–H groups in total. The van der Waals surface area contributed by atoms with Crippen molar-refractivity contribution in [1.29, 1.82) is 0 Å². The van der Waals surface area contributed by atoms with Gasteiger partial charge in [0.25, 0.3) is 0 Å². The first kappa shape index (κ1) is 16.6. The fourth-order valence-corrected chi connectivity index (χ4v) is 3.38. The zero-order valence-corrected chi connectivity index (χ0v) is 14.4. The normalized spacial score (nSPS) is 11.7. The molecule has 4 aromatic rings. The van der Waals surface area contributed by atoms with E-state index in [0.29, 0.717) is 16.5 Å². The van der Waals surface area contributed by atoms with Gasteiger partial charge in [-0.3, -0.25) is 0 Å². The van der Waals surface area contributed by atoms with E-state index in [1.165, 1.54) is 41.8 Å². The van der Waals surface area contributed by atoms with Gasteiger partial charge in [-0.15, -0.1) is 0 Å². The first-order valence-corrected chi connectivity index (χ1v) is 8.15. The number of rotatable bonds is 1. The summed E-state index contributed by atoms with van der Waals surface area (Å²) >= 11 is 0. The lowest BCUT2D eigenvalue weighted by Crippen LogP contribution is -2.00. The zero-order valence-electron chi connectivity index (χ0n) is 14.4. The van der Waals surface area contributed by atoms with Crippen LogP contribution in [0.2, 0.25) is 0 Å². The highest BCUT2D eigenvalue weighted by atomic mass is 19.1. The summed E-state index contributed by atoms with van der Waals surface area (Å²) in [6.07, 6.45) is 0. The average Bonchev–Trinajstić information content (AvgIpc) is 2.86. The Hall–Kier alpha value is -2.82. The molecule has 0 atom stereocenters. The summed E-state index contributed by atoms with van der Waals surface area (Å²) in [4.78, 5) is 0. The molecule has 0 aliphatic rings. The molecule has 3 aromatic carbocycles. The Morgan fingerprint density at radius 1 is 0.731 bits per heavy atom. The predicted molar refractivity (Wildman–Crippen MR) is 94.8 cm³/mol. The maximum Gasteiger partial charge on any atom is 0.147 e. The maximum absolute atomic E-state index is 14.9. The number of hydrogen-bond acceptors (Lipinski definition) is 0. The quantitative estimate of drug-likeness (QED) is 0.354. The lowest BCUT2D eigenvalue weighted by Gasteiger charge is -2.10. The van der Waals surface area contributed by atoms with Crippen molar-refractivity contribution in [2.24, 2.45) is 0 Å². The molecule has 0 spiro atoms. The van der Waals surface area contributed by atoms with Crippen molar-refractivity contribution in [1.82, 2.24) is 4.57 Å². The van der Waals surface area contributed by atoms with Crippen molar-refractivity contribution < 1.29 is 17.6 Å². The number of hydrogen-bond donors (Lipinski definition) is 0. The molecule has 26 heavy (non-hydrogen) atoms. The van der Waals surface area contributed by atoms with Crippen LogP contribution in [0.3, 0.4) is 0 Å². The number of aryl methyl sites for hydroxylation is 2. The van der Waals surface area contributed by atoms with Gasteiger partial charge in [-0.05, 0) is 62.2 Å². The van der Waals surface area contributed by atoms with Gasteiger partial charge in [0.05, 0.1) is 16.7 Å². The van der Waals surface area contributed by atoms with Gasteiger partial charge in [0, 0.05) is 16.3 Å². The summed E-state index contributed by atoms with van der Waals surface area (Å²) in [5, 5.41) is 0.571. The van der Waals surface area contributed by atoms with Crippen LogP contribution >= 0.6 is 0 Å². The van der Waals surface area contributed by atoms with Crippen molar-refractivity contribution in [2.45, 2.75) is 20.8 Å². The van der Waals surface area contributed by atoms with E-state index in [4.69, 9.17) is 0 Å². The number of fused-ring (bicyclic) bond motifs is 3. The van der Waals surface area contributed by atoms with Gasteiger partial charge in [-0.25, -0.2) is 17.6 Å². The van der Waals surface area contributed by atoms with Crippen molar-refractivity contribution in [3.05, 3.63) is 76.4 Å². The van der Waals surface area contributed by atoms with E-state index in [-0.39, 0.29) is 27.7 Å². The van der Waals surface area contributed by atoms with Gasteiger partial charge in [0.2, 0.25) is 0 Å². The molecule has 1 heterocycles. The molecule has 0 saturated heterocycles. The molecule has 1 nitrogen and oxygen atoms in total. The molecule has 5 heteroatoms. The second-order valence-corrected chi connectivity index (χ2v) is 6.60. The van der Waals surface area contributed by atoms with Gasteiger partial charge in [0.1, 0.15) is 23.3 Å². The predicted octanol–water partition coefficient (Wildman–Crippen LogP) is 6.27. The number of halogens is 4. The van der Waals surface area contributed by atoms with Crippen LogP contribution in [0.1, 0.15) is 16.7 Å². The van der Waals surface area contributed by atoms with E-state index in [1.54, 1.807) is 19.9 Å². The molecular formula is C21H15F4N. The van der Waals surface area contributed by atoms with Crippen LogP contribution in [-0.2, 0) is 0 Å². The molecular weight excluding hydrogens is 342 g/mol. The molecule has 0 saturated carbocycles. The second-order valence-electron chi connectivity index (χ2n) is 6.60.